The molecule has 66 valence electrons. The van der Waals surface area contributed by atoms with Crippen LogP contribution >= 0.6 is 0 Å². The fourth-order valence-corrected chi connectivity index (χ4v) is 1.12. The van der Waals surface area contributed by atoms with Crippen molar-refractivity contribution >= 4 is 12.7 Å². The van der Waals surface area contributed by atoms with Crippen LogP contribution in [-0.4, -0.2) is 26.9 Å². The molecular weight excluding hydrogens is 155 g/mol. The van der Waals surface area contributed by atoms with Crippen molar-refractivity contribution < 1.29 is 10.0 Å². The summed E-state index contributed by atoms with van der Waals surface area (Å²) in [5, 5.41) is 22.0. The van der Waals surface area contributed by atoms with Crippen molar-refractivity contribution in [2.24, 2.45) is 0 Å². The molecule has 0 unspecified atom stereocenters. The Labute approximate surface area is 72.0 Å². The molecule has 0 saturated heterocycles. The van der Waals surface area contributed by atoms with Gasteiger partial charge < -0.3 is 10.0 Å². The minimum absolute atomic E-state index is 0.467. The van der Waals surface area contributed by atoms with Gasteiger partial charge in [0.05, 0.1) is 11.3 Å². The molecule has 1 aromatic heterocycles. The number of hydrogen-bond acceptors (Lipinski definition) is 3. The molecule has 0 fully saturated rings. The van der Waals surface area contributed by atoms with E-state index in [9.17, 15) is 0 Å². The zero-order valence-electron chi connectivity index (χ0n) is 7.36. The molecule has 0 aliphatic carbocycles. The second-order valence-corrected chi connectivity index (χ2v) is 2.60. The summed E-state index contributed by atoms with van der Waals surface area (Å²) < 4.78 is 1.60. The summed E-state index contributed by atoms with van der Waals surface area (Å²) in [5.74, 6) is 0. The maximum absolute atomic E-state index is 8.94. The number of hydrogen-bond donors (Lipinski definition) is 2. The van der Waals surface area contributed by atoms with Crippen LogP contribution in [0.15, 0.2) is 6.07 Å². The molecule has 0 bridgehead atoms. The Hall–Kier alpha value is -0.805. The fourth-order valence-electron chi connectivity index (χ4n) is 1.12. The van der Waals surface area contributed by atoms with Crippen LogP contribution in [0.4, 0.5) is 0 Å². The van der Waals surface area contributed by atoms with Gasteiger partial charge in [-0.05, 0) is 19.4 Å². The summed E-state index contributed by atoms with van der Waals surface area (Å²) in [6.07, 6.45) is 0.812. The highest BCUT2D eigenvalue weighted by molar-refractivity contribution is 6.57. The number of aryl methyl sites for hydroxylation is 2. The van der Waals surface area contributed by atoms with Gasteiger partial charge in [0.25, 0.3) is 0 Å². The molecule has 0 aliphatic rings. The minimum atomic E-state index is -1.42. The molecule has 5 heteroatoms. The van der Waals surface area contributed by atoms with Gasteiger partial charge in [-0.15, -0.1) is 0 Å². The molecule has 4 nitrogen and oxygen atoms in total. The average molecular weight is 168 g/mol. The molecule has 0 aliphatic heterocycles. The van der Waals surface area contributed by atoms with E-state index in [1.54, 1.807) is 10.7 Å². The van der Waals surface area contributed by atoms with E-state index >= 15 is 0 Å². The van der Waals surface area contributed by atoms with Gasteiger partial charge in [0.2, 0.25) is 0 Å². The van der Waals surface area contributed by atoms with Crippen LogP contribution in [0.2, 0.25) is 0 Å². The standard InChI is InChI=1S/C7H13BN2O2/c1-3-6-5-7(8(11)12)10(4-2)9-6/h5,11-12H,3-4H2,1-2H3. The smallest absolute Gasteiger partial charge is 0.422 e. The largest absolute Gasteiger partial charge is 0.507 e. The number of aromatic nitrogens is 2. The molecule has 0 aromatic carbocycles. The molecule has 1 aromatic rings. The van der Waals surface area contributed by atoms with E-state index in [0.717, 1.165) is 12.1 Å². The van der Waals surface area contributed by atoms with Gasteiger partial charge in [-0.1, -0.05) is 6.92 Å². The Morgan fingerprint density at radius 3 is 2.50 bits per heavy atom. The predicted octanol–water partition coefficient (Wildman–Crippen LogP) is -0.855. The summed E-state index contributed by atoms with van der Waals surface area (Å²) in [7, 11) is -1.42. The third-order valence-corrected chi connectivity index (χ3v) is 1.79. The maximum Gasteiger partial charge on any atom is 0.507 e. The minimum Gasteiger partial charge on any atom is -0.422 e. The van der Waals surface area contributed by atoms with E-state index in [4.69, 9.17) is 10.0 Å². The lowest BCUT2D eigenvalue weighted by Crippen LogP contribution is -2.36. The lowest BCUT2D eigenvalue weighted by atomic mass is 9.86. The van der Waals surface area contributed by atoms with Crippen LogP contribution < -0.4 is 5.59 Å². The van der Waals surface area contributed by atoms with E-state index in [0.29, 0.717) is 12.1 Å². The summed E-state index contributed by atoms with van der Waals surface area (Å²) in [6.45, 7) is 4.56. The highest BCUT2D eigenvalue weighted by Gasteiger charge is 2.17. The third kappa shape index (κ3) is 1.68. The topological polar surface area (TPSA) is 58.3 Å². The molecular formula is C7H13BN2O2. The lowest BCUT2D eigenvalue weighted by molar-refractivity contribution is 0.420. The van der Waals surface area contributed by atoms with Crippen molar-refractivity contribution in [1.82, 2.24) is 9.78 Å². The molecule has 1 heterocycles. The zero-order chi connectivity index (χ0) is 9.14. The van der Waals surface area contributed by atoms with Crippen LogP contribution in [0.25, 0.3) is 0 Å². The zero-order valence-corrected chi connectivity index (χ0v) is 7.36. The fraction of sp³-hybridized carbons (Fsp3) is 0.571. The van der Waals surface area contributed by atoms with Gasteiger partial charge in [-0.2, -0.15) is 5.10 Å². The monoisotopic (exact) mass is 168 g/mol. The predicted molar refractivity (Wildman–Crippen MR) is 47.1 cm³/mol. The van der Waals surface area contributed by atoms with E-state index in [1.165, 1.54) is 0 Å². The first kappa shape index (κ1) is 9.28. The first-order chi connectivity index (χ1) is 5.69. The van der Waals surface area contributed by atoms with E-state index in [2.05, 4.69) is 5.10 Å². The quantitative estimate of drug-likeness (QED) is 0.577. The molecule has 12 heavy (non-hydrogen) atoms. The number of rotatable bonds is 3. The van der Waals surface area contributed by atoms with Gasteiger partial charge in [0.15, 0.2) is 0 Å². The summed E-state index contributed by atoms with van der Waals surface area (Å²) in [4.78, 5) is 0. The Morgan fingerprint density at radius 1 is 1.50 bits per heavy atom. The van der Waals surface area contributed by atoms with Crippen molar-refractivity contribution in [1.29, 1.82) is 0 Å². The maximum atomic E-state index is 8.94. The van der Waals surface area contributed by atoms with Crippen molar-refractivity contribution in [2.45, 2.75) is 26.8 Å². The Kier molecular flexibility index (Phi) is 2.89. The second kappa shape index (κ2) is 3.73. The van der Waals surface area contributed by atoms with Crippen LogP contribution in [-0.2, 0) is 13.0 Å². The van der Waals surface area contributed by atoms with Crippen molar-refractivity contribution in [3.63, 3.8) is 0 Å². The van der Waals surface area contributed by atoms with Crippen LogP contribution in [0.5, 0.6) is 0 Å². The molecule has 2 N–H and O–H groups in total. The number of nitrogens with zero attached hydrogens (tertiary/aromatic N) is 2. The Bertz CT molecular complexity index is 260. The van der Waals surface area contributed by atoms with Gasteiger partial charge >= 0.3 is 7.12 Å². The normalized spacial score (nSPS) is 10.3. The van der Waals surface area contributed by atoms with Crippen LogP contribution in [0.3, 0.4) is 0 Å². The van der Waals surface area contributed by atoms with Crippen LogP contribution in [0.1, 0.15) is 19.5 Å². The molecule has 0 saturated carbocycles. The second-order valence-electron chi connectivity index (χ2n) is 2.60. The molecule has 0 atom stereocenters. The van der Waals surface area contributed by atoms with Gasteiger partial charge in [-0.25, -0.2) is 0 Å². The Balaban J connectivity index is 3.00. The molecule has 0 amide bonds. The van der Waals surface area contributed by atoms with Crippen molar-refractivity contribution in [3.8, 4) is 0 Å². The third-order valence-electron chi connectivity index (χ3n) is 1.79. The van der Waals surface area contributed by atoms with Crippen LogP contribution in [0, 0.1) is 0 Å². The lowest BCUT2D eigenvalue weighted by Gasteiger charge is -2.01. The molecule has 1 rings (SSSR count). The molecule has 0 radical (unpaired) electrons. The van der Waals surface area contributed by atoms with Gasteiger partial charge in [-0.3, -0.25) is 4.68 Å². The molecule has 0 spiro atoms. The van der Waals surface area contributed by atoms with Crippen molar-refractivity contribution in [2.75, 3.05) is 0 Å². The van der Waals surface area contributed by atoms with Gasteiger partial charge in [0, 0.05) is 6.54 Å². The first-order valence-electron chi connectivity index (χ1n) is 4.11. The van der Waals surface area contributed by atoms with E-state index in [1.807, 2.05) is 13.8 Å². The van der Waals surface area contributed by atoms with E-state index in [-0.39, 0.29) is 0 Å². The Morgan fingerprint density at radius 2 is 2.17 bits per heavy atom. The van der Waals surface area contributed by atoms with Gasteiger partial charge in [0.1, 0.15) is 0 Å². The SMILES string of the molecule is CCc1cc(B(O)O)n(CC)n1. The highest BCUT2D eigenvalue weighted by atomic mass is 16.4. The highest BCUT2D eigenvalue weighted by Crippen LogP contribution is 1.94. The first-order valence-corrected chi connectivity index (χ1v) is 4.11. The van der Waals surface area contributed by atoms with Crippen molar-refractivity contribution in [3.05, 3.63) is 11.8 Å². The summed E-state index contributed by atoms with van der Waals surface area (Å²) in [5.41, 5.74) is 1.36. The average Bonchev–Trinajstić information content (AvgIpc) is 2.47. The van der Waals surface area contributed by atoms with E-state index < -0.39 is 7.12 Å². The summed E-state index contributed by atoms with van der Waals surface area (Å²) in [6, 6.07) is 1.72. The summed E-state index contributed by atoms with van der Waals surface area (Å²) >= 11 is 0.